The van der Waals surface area contributed by atoms with Crippen LogP contribution < -0.4 is 0 Å². The average Bonchev–Trinajstić information content (AvgIpc) is 3.30. The summed E-state index contributed by atoms with van der Waals surface area (Å²) in [6.07, 6.45) is 4.65. The summed E-state index contributed by atoms with van der Waals surface area (Å²) in [5.74, 6) is 2.64. The fourth-order valence-electron chi connectivity index (χ4n) is 7.42. The topological polar surface area (TPSA) is 43.2 Å². The Morgan fingerprint density at radius 3 is 1.30 bits per heavy atom. The highest BCUT2D eigenvalue weighted by atomic mass is 16.7. The predicted octanol–water partition coefficient (Wildman–Crippen LogP) is 5.67. The molecule has 2 aliphatic carbocycles. The van der Waals surface area contributed by atoms with Crippen LogP contribution in [0.5, 0.6) is 0 Å². The van der Waals surface area contributed by atoms with Crippen molar-refractivity contribution in [2.45, 2.75) is 92.3 Å². The summed E-state index contributed by atoms with van der Waals surface area (Å²) in [7, 11) is 0. The molecule has 0 aromatic carbocycles. The summed E-state index contributed by atoms with van der Waals surface area (Å²) in [6.45, 7) is 18.3. The normalized spacial score (nSPS) is 35.7. The fraction of sp³-hybridized carbons (Fsp3) is 0.913. The molecule has 4 heteroatoms. The number of nitrogens with zero attached hydrogens (tertiary/aromatic N) is 2. The largest absolute Gasteiger partial charge is 0.388 e. The van der Waals surface area contributed by atoms with Crippen molar-refractivity contribution in [1.29, 1.82) is 0 Å². The number of hydrogen-bond donors (Lipinski definition) is 0. The Morgan fingerprint density at radius 2 is 1.00 bits per heavy atom. The third-order valence-corrected chi connectivity index (χ3v) is 8.66. The monoisotopic (exact) mass is 374 g/mol. The molecule has 2 heterocycles. The molecule has 0 bridgehead atoms. The first-order valence-electron chi connectivity index (χ1n) is 11.2. The van der Waals surface area contributed by atoms with E-state index in [0.29, 0.717) is 35.5 Å². The number of fused-ring (bicyclic) bond motifs is 4. The minimum absolute atomic E-state index is 0.00755. The van der Waals surface area contributed by atoms with Crippen LogP contribution in [-0.2, 0) is 9.68 Å². The standard InChI is InChI=1S/C23H38N2O2/c1-13(2)22(14(3)4)17-9-11-21(19(17)24-26-22)12-10-18-20(21)25-27-23(18,15(5)6)16(7)8/h13-18H,9-12H2,1-8H3/t17-,18+,21?. The number of hydrogen-bond acceptors (Lipinski definition) is 4. The van der Waals surface area contributed by atoms with Crippen molar-refractivity contribution in [3.05, 3.63) is 0 Å². The molecule has 2 aliphatic heterocycles. The van der Waals surface area contributed by atoms with Crippen LogP contribution >= 0.6 is 0 Å². The maximum Gasteiger partial charge on any atom is 0.150 e. The molecular weight excluding hydrogens is 336 g/mol. The molecule has 0 saturated heterocycles. The zero-order chi connectivity index (χ0) is 19.8. The zero-order valence-electron chi connectivity index (χ0n) is 18.5. The highest BCUT2D eigenvalue weighted by Gasteiger charge is 2.69. The van der Waals surface area contributed by atoms with Crippen molar-refractivity contribution in [1.82, 2.24) is 0 Å². The van der Waals surface area contributed by atoms with E-state index in [1.807, 2.05) is 0 Å². The quantitative estimate of drug-likeness (QED) is 0.636. The maximum absolute atomic E-state index is 6.30. The second kappa shape index (κ2) is 5.97. The van der Waals surface area contributed by atoms with Gasteiger partial charge in [-0.15, -0.1) is 0 Å². The van der Waals surface area contributed by atoms with Gasteiger partial charge in [-0.1, -0.05) is 65.7 Å². The summed E-state index contributed by atoms with van der Waals surface area (Å²) in [5.41, 5.74) is 2.25. The highest BCUT2D eigenvalue weighted by molar-refractivity contribution is 6.17. The van der Waals surface area contributed by atoms with Crippen molar-refractivity contribution in [3.8, 4) is 0 Å². The minimum Gasteiger partial charge on any atom is -0.388 e. The minimum atomic E-state index is -0.163. The van der Waals surface area contributed by atoms with E-state index in [1.54, 1.807) is 0 Å². The zero-order valence-corrected chi connectivity index (χ0v) is 18.5. The van der Waals surface area contributed by atoms with Crippen LogP contribution in [0.1, 0.15) is 81.1 Å². The Bertz CT molecular complexity index is 600. The summed E-state index contributed by atoms with van der Waals surface area (Å²) in [6, 6.07) is 0. The van der Waals surface area contributed by atoms with E-state index in [1.165, 1.54) is 11.4 Å². The molecule has 4 rings (SSSR count). The first kappa shape index (κ1) is 19.3. The third kappa shape index (κ3) is 2.11. The molecule has 0 amide bonds. The molecule has 4 aliphatic rings. The summed E-state index contributed by atoms with van der Waals surface area (Å²) in [5, 5.41) is 9.61. The van der Waals surface area contributed by atoms with Gasteiger partial charge in [0.15, 0.2) is 0 Å². The van der Waals surface area contributed by atoms with Crippen LogP contribution in [0, 0.1) is 40.9 Å². The van der Waals surface area contributed by atoms with Crippen molar-refractivity contribution in [2.75, 3.05) is 0 Å². The lowest BCUT2D eigenvalue weighted by Crippen LogP contribution is -2.49. The molecular formula is C23H38N2O2. The lowest BCUT2D eigenvalue weighted by atomic mass is 9.67. The fourth-order valence-corrected chi connectivity index (χ4v) is 7.42. The Balaban J connectivity index is 1.71. The lowest BCUT2D eigenvalue weighted by molar-refractivity contribution is -0.114. The van der Waals surface area contributed by atoms with Crippen LogP contribution in [-0.4, -0.2) is 22.6 Å². The van der Waals surface area contributed by atoms with Crippen molar-refractivity contribution in [2.24, 2.45) is 51.2 Å². The number of rotatable bonds is 4. The lowest BCUT2D eigenvalue weighted by Gasteiger charge is -2.39. The molecule has 2 saturated carbocycles. The first-order chi connectivity index (χ1) is 12.6. The third-order valence-electron chi connectivity index (χ3n) is 8.66. The first-order valence-corrected chi connectivity index (χ1v) is 11.2. The van der Waals surface area contributed by atoms with E-state index in [-0.39, 0.29) is 16.6 Å². The summed E-state index contributed by atoms with van der Waals surface area (Å²) < 4.78 is 0. The van der Waals surface area contributed by atoms with E-state index >= 15 is 0 Å². The smallest absolute Gasteiger partial charge is 0.150 e. The molecule has 0 aromatic rings. The predicted molar refractivity (Wildman–Crippen MR) is 110 cm³/mol. The van der Waals surface area contributed by atoms with Crippen LogP contribution in [0.15, 0.2) is 10.3 Å². The van der Waals surface area contributed by atoms with Gasteiger partial charge in [0, 0.05) is 11.8 Å². The molecule has 0 aromatic heterocycles. The van der Waals surface area contributed by atoms with Gasteiger partial charge >= 0.3 is 0 Å². The van der Waals surface area contributed by atoms with E-state index in [0.717, 1.165) is 25.7 Å². The van der Waals surface area contributed by atoms with Crippen LogP contribution in [0.2, 0.25) is 0 Å². The van der Waals surface area contributed by atoms with E-state index < -0.39 is 0 Å². The Hall–Kier alpha value is -1.06. The van der Waals surface area contributed by atoms with Gasteiger partial charge in [-0.05, 0) is 49.4 Å². The van der Waals surface area contributed by atoms with Crippen molar-refractivity contribution >= 4 is 11.4 Å². The Kier molecular flexibility index (Phi) is 4.26. The van der Waals surface area contributed by atoms with Gasteiger partial charge in [0.25, 0.3) is 0 Å². The molecule has 27 heavy (non-hydrogen) atoms. The van der Waals surface area contributed by atoms with Crippen LogP contribution in [0.4, 0.5) is 0 Å². The Morgan fingerprint density at radius 1 is 0.667 bits per heavy atom. The van der Waals surface area contributed by atoms with Gasteiger partial charge < -0.3 is 9.68 Å². The second-order valence-electron chi connectivity index (χ2n) is 10.7. The Labute approximate surface area is 165 Å². The molecule has 1 unspecified atom stereocenters. The van der Waals surface area contributed by atoms with Gasteiger partial charge in [-0.25, -0.2) is 0 Å². The molecule has 0 N–H and O–H groups in total. The van der Waals surface area contributed by atoms with Gasteiger partial charge in [-0.3, -0.25) is 0 Å². The van der Waals surface area contributed by atoms with Gasteiger partial charge in [0.1, 0.15) is 11.2 Å². The van der Waals surface area contributed by atoms with Crippen molar-refractivity contribution in [3.63, 3.8) is 0 Å². The summed E-state index contributed by atoms with van der Waals surface area (Å²) >= 11 is 0. The number of oxime groups is 2. The molecule has 152 valence electrons. The highest BCUT2D eigenvalue weighted by Crippen LogP contribution is 2.63. The van der Waals surface area contributed by atoms with Crippen LogP contribution in [0.25, 0.3) is 0 Å². The van der Waals surface area contributed by atoms with Gasteiger partial charge in [0.05, 0.1) is 16.8 Å². The average molecular weight is 375 g/mol. The molecule has 1 spiro atoms. The molecule has 0 radical (unpaired) electrons. The molecule has 3 atom stereocenters. The molecule has 4 nitrogen and oxygen atoms in total. The van der Waals surface area contributed by atoms with E-state index in [4.69, 9.17) is 20.0 Å². The summed E-state index contributed by atoms with van der Waals surface area (Å²) in [4.78, 5) is 12.6. The van der Waals surface area contributed by atoms with E-state index in [2.05, 4.69) is 55.4 Å². The van der Waals surface area contributed by atoms with Gasteiger partial charge in [-0.2, -0.15) is 0 Å². The van der Waals surface area contributed by atoms with E-state index in [9.17, 15) is 0 Å². The SMILES string of the molecule is CC(C)C1(C(C)C)ON=C2[C@H]1CCC21CC[C@H]2C1=NOC2(C(C)C)C(C)C. The van der Waals surface area contributed by atoms with Crippen LogP contribution in [0.3, 0.4) is 0 Å². The van der Waals surface area contributed by atoms with Gasteiger partial charge in [0.2, 0.25) is 0 Å². The van der Waals surface area contributed by atoms with Crippen molar-refractivity contribution < 1.29 is 9.68 Å². The maximum atomic E-state index is 6.30. The molecule has 2 fully saturated rings. The second-order valence-corrected chi connectivity index (χ2v) is 10.7.